The fraction of sp³-hybridized carbons (Fsp3) is 0.556. The molecule has 132 valence electrons. The fourth-order valence-electron chi connectivity index (χ4n) is 3.23. The fourth-order valence-corrected chi connectivity index (χ4v) is 3.23. The monoisotopic (exact) mass is 341 g/mol. The highest BCUT2D eigenvalue weighted by Gasteiger charge is 2.32. The number of piperidine rings is 1. The van der Waals surface area contributed by atoms with Gasteiger partial charge in [0, 0.05) is 45.2 Å². The first-order valence-corrected chi connectivity index (χ1v) is 8.88. The number of amides is 1. The Kier molecular flexibility index (Phi) is 4.15. The zero-order valence-corrected chi connectivity index (χ0v) is 14.7. The molecule has 25 heavy (non-hydrogen) atoms. The third-order valence-electron chi connectivity index (χ3n) is 4.97. The molecule has 0 bridgehead atoms. The summed E-state index contributed by atoms with van der Waals surface area (Å²) in [5.74, 6) is 3.44. The van der Waals surface area contributed by atoms with Gasteiger partial charge in [0.05, 0.1) is 5.56 Å². The average Bonchev–Trinajstić information content (AvgIpc) is 3.38. The van der Waals surface area contributed by atoms with Crippen molar-refractivity contribution in [1.82, 2.24) is 20.0 Å². The van der Waals surface area contributed by atoms with Crippen LogP contribution in [-0.2, 0) is 0 Å². The lowest BCUT2D eigenvalue weighted by Crippen LogP contribution is -2.33. The summed E-state index contributed by atoms with van der Waals surface area (Å²) < 4.78 is 5.39. The molecule has 3 heterocycles. The maximum Gasteiger partial charge on any atom is 0.254 e. The van der Waals surface area contributed by atoms with Gasteiger partial charge in [-0.05, 0) is 37.8 Å². The Bertz CT molecular complexity index is 743. The molecule has 0 radical (unpaired) electrons. The lowest BCUT2D eigenvalue weighted by Gasteiger charge is -2.31. The largest absolute Gasteiger partial charge is 0.357 e. The molecule has 2 aromatic heterocycles. The van der Waals surface area contributed by atoms with Crippen molar-refractivity contribution < 1.29 is 9.32 Å². The van der Waals surface area contributed by atoms with E-state index in [1.54, 1.807) is 25.2 Å². The molecule has 0 spiro atoms. The van der Waals surface area contributed by atoms with Crippen molar-refractivity contribution in [3.05, 3.63) is 35.6 Å². The van der Waals surface area contributed by atoms with Gasteiger partial charge in [0.15, 0.2) is 5.82 Å². The molecule has 0 atom stereocenters. The van der Waals surface area contributed by atoms with Crippen LogP contribution in [0, 0.1) is 0 Å². The van der Waals surface area contributed by atoms with Crippen LogP contribution in [-0.4, -0.2) is 53.1 Å². The minimum Gasteiger partial charge on any atom is -0.357 e. The van der Waals surface area contributed by atoms with E-state index >= 15 is 0 Å². The molecular formula is C18H23N5O2. The molecule has 1 saturated carbocycles. The number of hydrogen-bond donors (Lipinski definition) is 0. The SMILES string of the molecule is CN(C)C(=O)c1ccc(N2CCC(c3noc(C4CC4)n3)CC2)nc1. The van der Waals surface area contributed by atoms with E-state index in [0.717, 1.165) is 43.5 Å². The minimum absolute atomic E-state index is 0.0265. The normalized spacial score (nSPS) is 18.4. The van der Waals surface area contributed by atoms with Gasteiger partial charge in [-0.2, -0.15) is 4.98 Å². The van der Waals surface area contributed by atoms with E-state index in [2.05, 4.69) is 20.0 Å². The summed E-state index contributed by atoms with van der Waals surface area (Å²) in [5, 5.41) is 4.18. The Morgan fingerprint density at radius 2 is 1.92 bits per heavy atom. The Labute approximate surface area is 147 Å². The Balaban J connectivity index is 1.37. The number of rotatable bonds is 4. The number of carbonyl (C=O) groups excluding carboxylic acids is 1. The summed E-state index contributed by atoms with van der Waals surface area (Å²) in [6.07, 6.45) is 5.99. The molecule has 4 rings (SSSR count). The topological polar surface area (TPSA) is 75.4 Å². The lowest BCUT2D eigenvalue weighted by molar-refractivity contribution is 0.0827. The van der Waals surface area contributed by atoms with E-state index in [9.17, 15) is 4.79 Å². The van der Waals surface area contributed by atoms with E-state index < -0.39 is 0 Å². The first kappa shape index (κ1) is 16.1. The Morgan fingerprint density at radius 1 is 1.16 bits per heavy atom. The van der Waals surface area contributed by atoms with Gasteiger partial charge in [0.25, 0.3) is 5.91 Å². The van der Waals surface area contributed by atoms with Crippen LogP contribution in [0.1, 0.15) is 59.6 Å². The molecule has 1 aliphatic carbocycles. The standard InChI is InChI=1S/C18H23N5O2/c1-22(2)18(24)14-5-6-15(19-11-14)23-9-7-12(8-10-23)16-20-17(25-21-16)13-3-4-13/h5-6,11-13H,3-4,7-10H2,1-2H3. The van der Waals surface area contributed by atoms with Crippen LogP contribution in [0.15, 0.2) is 22.9 Å². The van der Waals surface area contributed by atoms with Crippen LogP contribution in [0.2, 0.25) is 0 Å². The molecule has 2 aromatic rings. The Morgan fingerprint density at radius 3 is 2.52 bits per heavy atom. The summed E-state index contributed by atoms with van der Waals surface area (Å²) in [6.45, 7) is 1.82. The van der Waals surface area contributed by atoms with Gasteiger partial charge in [-0.25, -0.2) is 4.98 Å². The minimum atomic E-state index is -0.0265. The number of pyridine rings is 1. The van der Waals surface area contributed by atoms with Gasteiger partial charge in [-0.15, -0.1) is 0 Å². The quantitative estimate of drug-likeness (QED) is 0.850. The van der Waals surface area contributed by atoms with Crippen LogP contribution in [0.3, 0.4) is 0 Å². The second-order valence-corrected chi connectivity index (χ2v) is 7.13. The molecule has 2 aliphatic rings. The average molecular weight is 341 g/mol. The van der Waals surface area contributed by atoms with Gasteiger partial charge in [0.1, 0.15) is 5.82 Å². The van der Waals surface area contributed by atoms with Gasteiger partial charge in [0.2, 0.25) is 5.89 Å². The van der Waals surface area contributed by atoms with Gasteiger partial charge in [-0.3, -0.25) is 4.79 Å². The van der Waals surface area contributed by atoms with E-state index in [0.29, 0.717) is 17.4 Å². The maximum atomic E-state index is 11.9. The molecule has 2 fully saturated rings. The molecule has 0 aromatic carbocycles. The van der Waals surface area contributed by atoms with Crippen LogP contribution in [0.5, 0.6) is 0 Å². The molecule has 7 nitrogen and oxygen atoms in total. The van der Waals surface area contributed by atoms with Crippen LogP contribution in [0.25, 0.3) is 0 Å². The highest BCUT2D eigenvalue weighted by molar-refractivity contribution is 5.93. The zero-order chi connectivity index (χ0) is 17.4. The summed E-state index contributed by atoms with van der Waals surface area (Å²) in [5.41, 5.74) is 0.614. The number of carbonyl (C=O) groups is 1. The Hall–Kier alpha value is -2.44. The van der Waals surface area contributed by atoms with E-state index in [1.807, 2.05) is 12.1 Å². The van der Waals surface area contributed by atoms with Crippen molar-refractivity contribution in [2.24, 2.45) is 0 Å². The van der Waals surface area contributed by atoms with Crippen molar-refractivity contribution in [2.45, 2.75) is 37.5 Å². The van der Waals surface area contributed by atoms with Crippen molar-refractivity contribution in [3.8, 4) is 0 Å². The molecule has 1 amide bonds. The molecule has 1 saturated heterocycles. The summed E-state index contributed by atoms with van der Waals surface area (Å²) in [6, 6.07) is 3.77. The van der Waals surface area contributed by atoms with Crippen LogP contribution in [0.4, 0.5) is 5.82 Å². The van der Waals surface area contributed by atoms with E-state index in [-0.39, 0.29) is 5.91 Å². The van der Waals surface area contributed by atoms with Gasteiger partial charge < -0.3 is 14.3 Å². The maximum absolute atomic E-state index is 11.9. The number of hydrogen-bond acceptors (Lipinski definition) is 6. The van der Waals surface area contributed by atoms with Gasteiger partial charge >= 0.3 is 0 Å². The zero-order valence-electron chi connectivity index (χ0n) is 14.7. The number of anilines is 1. The second kappa shape index (κ2) is 6.46. The molecule has 0 unspecified atom stereocenters. The second-order valence-electron chi connectivity index (χ2n) is 7.13. The molecule has 0 N–H and O–H groups in total. The third kappa shape index (κ3) is 3.36. The third-order valence-corrected chi connectivity index (χ3v) is 4.97. The number of nitrogens with zero attached hydrogens (tertiary/aromatic N) is 5. The van der Waals surface area contributed by atoms with Crippen molar-refractivity contribution >= 4 is 11.7 Å². The summed E-state index contributed by atoms with van der Waals surface area (Å²) in [4.78, 5) is 24.8. The number of aromatic nitrogens is 3. The van der Waals surface area contributed by atoms with Crippen LogP contribution < -0.4 is 4.90 Å². The van der Waals surface area contributed by atoms with E-state index in [1.165, 1.54) is 12.8 Å². The van der Waals surface area contributed by atoms with Crippen molar-refractivity contribution in [1.29, 1.82) is 0 Å². The molecular weight excluding hydrogens is 318 g/mol. The summed E-state index contributed by atoms with van der Waals surface area (Å²) >= 11 is 0. The smallest absolute Gasteiger partial charge is 0.254 e. The van der Waals surface area contributed by atoms with Crippen LogP contribution >= 0.6 is 0 Å². The highest BCUT2D eigenvalue weighted by atomic mass is 16.5. The predicted octanol–water partition coefficient (Wildman–Crippen LogP) is 2.43. The first-order chi connectivity index (χ1) is 12.1. The van der Waals surface area contributed by atoms with Crippen molar-refractivity contribution in [3.63, 3.8) is 0 Å². The molecule has 7 heteroatoms. The lowest BCUT2D eigenvalue weighted by atomic mass is 9.96. The first-order valence-electron chi connectivity index (χ1n) is 8.88. The summed E-state index contributed by atoms with van der Waals surface area (Å²) in [7, 11) is 3.49. The highest BCUT2D eigenvalue weighted by Crippen LogP contribution is 2.39. The van der Waals surface area contributed by atoms with Crippen molar-refractivity contribution in [2.75, 3.05) is 32.1 Å². The predicted molar refractivity (Wildman–Crippen MR) is 92.7 cm³/mol. The van der Waals surface area contributed by atoms with E-state index in [4.69, 9.17) is 4.52 Å². The van der Waals surface area contributed by atoms with Gasteiger partial charge in [-0.1, -0.05) is 5.16 Å². The molecule has 1 aliphatic heterocycles.